The van der Waals surface area contributed by atoms with Gasteiger partial charge in [0.2, 0.25) is 0 Å². The van der Waals surface area contributed by atoms with E-state index in [1.54, 1.807) is 7.11 Å². The van der Waals surface area contributed by atoms with Crippen molar-refractivity contribution < 1.29 is 33.3 Å². The van der Waals surface area contributed by atoms with Gasteiger partial charge in [0.25, 0.3) is 0 Å². The normalized spacial score (nSPS) is 29.1. The summed E-state index contributed by atoms with van der Waals surface area (Å²) in [4.78, 5) is 23.2. The van der Waals surface area contributed by atoms with Crippen molar-refractivity contribution >= 4 is 12.4 Å². The van der Waals surface area contributed by atoms with E-state index in [4.69, 9.17) is 23.7 Å². The molecule has 2 heterocycles. The van der Waals surface area contributed by atoms with E-state index in [1.807, 2.05) is 44.2 Å². The van der Waals surface area contributed by atoms with Crippen LogP contribution in [0.2, 0.25) is 0 Å². The van der Waals surface area contributed by atoms with Gasteiger partial charge in [-0.25, -0.2) is 4.79 Å². The molecule has 154 valence electrons. The molecule has 28 heavy (non-hydrogen) atoms. The van der Waals surface area contributed by atoms with Crippen molar-refractivity contribution in [1.82, 2.24) is 5.32 Å². The number of hydrogen-bond acceptors (Lipinski definition) is 7. The molecule has 8 nitrogen and oxygen atoms in total. The van der Waals surface area contributed by atoms with Crippen molar-refractivity contribution in [1.29, 1.82) is 0 Å². The molecule has 1 aromatic rings. The fraction of sp³-hybridized carbons (Fsp3) is 0.600. The molecule has 5 atom stereocenters. The first-order valence-electron chi connectivity index (χ1n) is 9.36. The second-order valence-corrected chi connectivity index (χ2v) is 7.38. The third-order valence-corrected chi connectivity index (χ3v) is 4.77. The van der Waals surface area contributed by atoms with Crippen LogP contribution in [0.15, 0.2) is 30.3 Å². The zero-order valence-electron chi connectivity index (χ0n) is 16.3. The van der Waals surface area contributed by atoms with Gasteiger partial charge < -0.3 is 33.8 Å². The van der Waals surface area contributed by atoms with Crippen molar-refractivity contribution in [2.45, 2.75) is 69.7 Å². The highest BCUT2D eigenvalue weighted by molar-refractivity contribution is 5.68. The van der Waals surface area contributed by atoms with Gasteiger partial charge in [0.1, 0.15) is 25.1 Å². The van der Waals surface area contributed by atoms with E-state index >= 15 is 0 Å². The van der Waals surface area contributed by atoms with Gasteiger partial charge in [0, 0.05) is 19.6 Å². The summed E-state index contributed by atoms with van der Waals surface area (Å²) in [5, 5.41) is 2.74. The lowest BCUT2D eigenvalue weighted by Gasteiger charge is -2.25. The summed E-state index contributed by atoms with van der Waals surface area (Å²) >= 11 is 0. The maximum absolute atomic E-state index is 12.2. The summed E-state index contributed by atoms with van der Waals surface area (Å²) < 4.78 is 28.3. The summed E-state index contributed by atoms with van der Waals surface area (Å²) in [7, 11) is 1.54. The topological polar surface area (TPSA) is 92.3 Å². The summed E-state index contributed by atoms with van der Waals surface area (Å²) in [5.41, 5.74) is 0.883. The number of ether oxygens (including phenoxy) is 5. The Morgan fingerprint density at radius 2 is 1.96 bits per heavy atom. The minimum Gasteiger partial charge on any atom is -0.445 e. The number of nitrogens with one attached hydrogen (secondary N) is 1. The number of carbonyl (C=O) groups is 2. The summed E-state index contributed by atoms with van der Waals surface area (Å²) in [6, 6.07) is 8.92. The minimum absolute atomic E-state index is 0.138. The number of fused-ring (bicyclic) bond motifs is 1. The summed E-state index contributed by atoms with van der Waals surface area (Å²) in [5.74, 6) is -0.740. The highest BCUT2D eigenvalue weighted by atomic mass is 16.8. The Balaban J connectivity index is 1.56. The van der Waals surface area contributed by atoms with Crippen LogP contribution in [0.1, 0.15) is 32.3 Å². The Kier molecular flexibility index (Phi) is 6.66. The van der Waals surface area contributed by atoms with Gasteiger partial charge in [0.15, 0.2) is 12.1 Å². The monoisotopic (exact) mass is 393 g/mol. The number of methoxy groups -OCH3 is 1. The maximum atomic E-state index is 12.2. The van der Waals surface area contributed by atoms with Crippen molar-refractivity contribution in [2.24, 2.45) is 0 Å². The Morgan fingerprint density at radius 3 is 2.64 bits per heavy atom. The predicted octanol–water partition coefficient (Wildman–Crippen LogP) is 2.15. The lowest BCUT2D eigenvalue weighted by atomic mass is 10.0. The molecular formula is C20H27NO7. The first kappa shape index (κ1) is 20.7. The van der Waals surface area contributed by atoms with Crippen molar-refractivity contribution in [3.05, 3.63) is 35.9 Å². The molecule has 0 unspecified atom stereocenters. The van der Waals surface area contributed by atoms with E-state index < -0.39 is 24.2 Å². The van der Waals surface area contributed by atoms with E-state index in [1.165, 1.54) is 0 Å². The molecule has 0 aromatic heterocycles. The zero-order valence-corrected chi connectivity index (χ0v) is 16.3. The molecule has 1 aromatic carbocycles. The quantitative estimate of drug-likeness (QED) is 0.677. The number of rotatable bonds is 8. The van der Waals surface area contributed by atoms with E-state index in [9.17, 15) is 9.59 Å². The minimum atomic E-state index is -0.740. The Labute approximate surface area is 164 Å². The highest BCUT2D eigenvalue weighted by Gasteiger charge is 2.55. The molecule has 1 amide bonds. The number of alkyl carbamates (subject to hydrolysis) is 1. The maximum Gasteiger partial charge on any atom is 0.407 e. The smallest absolute Gasteiger partial charge is 0.407 e. The van der Waals surface area contributed by atoms with Gasteiger partial charge in [-0.15, -0.1) is 0 Å². The van der Waals surface area contributed by atoms with Gasteiger partial charge in [-0.05, 0) is 25.8 Å². The standard InChI is InChI=1S/C20H27NO7/c1-20(2)27-16-15(26-18(24-3)17(16)28-20)11-14(9-10-22)21-19(23)25-12-13-7-5-4-6-8-13/h4-8,10,14-18H,9,11-12H2,1-3H3,(H,21,23)/t14-,15+,16+,17+,18+/m0/s1. The Morgan fingerprint density at radius 1 is 1.25 bits per heavy atom. The number of benzene rings is 1. The number of aldehydes is 1. The van der Waals surface area contributed by atoms with Crippen molar-refractivity contribution in [3.8, 4) is 0 Å². The molecule has 8 heteroatoms. The first-order valence-corrected chi connectivity index (χ1v) is 9.36. The van der Waals surface area contributed by atoms with Crippen LogP contribution >= 0.6 is 0 Å². The number of hydrogen-bond donors (Lipinski definition) is 1. The van der Waals surface area contributed by atoms with Crippen LogP contribution < -0.4 is 5.32 Å². The average Bonchev–Trinajstić information content (AvgIpc) is 3.14. The molecule has 0 aliphatic carbocycles. The van der Waals surface area contributed by atoms with Crippen LogP contribution in [-0.4, -0.2) is 55.9 Å². The third kappa shape index (κ3) is 5.08. The third-order valence-electron chi connectivity index (χ3n) is 4.77. The van der Waals surface area contributed by atoms with Crippen LogP contribution in [0.4, 0.5) is 4.79 Å². The molecule has 3 rings (SSSR count). The fourth-order valence-electron chi connectivity index (χ4n) is 3.56. The molecule has 0 saturated carbocycles. The molecule has 0 radical (unpaired) electrons. The van der Waals surface area contributed by atoms with Gasteiger partial charge in [-0.3, -0.25) is 0 Å². The van der Waals surface area contributed by atoms with Crippen molar-refractivity contribution in [2.75, 3.05) is 7.11 Å². The Bertz CT molecular complexity index is 666. The first-order chi connectivity index (χ1) is 13.4. The van der Waals surface area contributed by atoms with Gasteiger partial charge in [-0.1, -0.05) is 30.3 Å². The van der Waals surface area contributed by atoms with Gasteiger partial charge in [-0.2, -0.15) is 0 Å². The molecule has 2 aliphatic rings. The molecular weight excluding hydrogens is 366 g/mol. The van der Waals surface area contributed by atoms with Crippen LogP contribution in [0.5, 0.6) is 0 Å². The van der Waals surface area contributed by atoms with Crippen LogP contribution in [-0.2, 0) is 35.1 Å². The lowest BCUT2D eigenvalue weighted by Crippen LogP contribution is -2.41. The van der Waals surface area contributed by atoms with E-state index in [2.05, 4.69) is 5.32 Å². The predicted molar refractivity (Wildman–Crippen MR) is 98.3 cm³/mol. The van der Waals surface area contributed by atoms with E-state index in [-0.39, 0.29) is 31.3 Å². The van der Waals surface area contributed by atoms with Crippen molar-refractivity contribution in [3.63, 3.8) is 0 Å². The van der Waals surface area contributed by atoms with Gasteiger partial charge >= 0.3 is 6.09 Å². The van der Waals surface area contributed by atoms with E-state index in [0.29, 0.717) is 6.42 Å². The molecule has 2 aliphatic heterocycles. The van der Waals surface area contributed by atoms with Crippen LogP contribution in [0.25, 0.3) is 0 Å². The SMILES string of the molecule is CO[C@@H]1O[C@H](C[C@H](CC=O)NC(=O)OCc2ccccc2)[C@H]2OC(C)(C)O[C@@H]12. The second-order valence-electron chi connectivity index (χ2n) is 7.38. The largest absolute Gasteiger partial charge is 0.445 e. The lowest BCUT2D eigenvalue weighted by molar-refractivity contribution is -0.228. The fourth-order valence-corrected chi connectivity index (χ4v) is 3.56. The Hall–Kier alpha value is -2.00. The number of amides is 1. The molecule has 0 spiro atoms. The van der Waals surface area contributed by atoms with Crippen LogP contribution in [0, 0.1) is 0 Å². The molecule has 0 bridgehead atoms. The van der Waals surface area contributed by atoms with E-state index in [0.717, 1.165) is 11.8 Å². The molecule has 2 fully saturated rings. The molecule has 1 N–H and O–H groups in total. The van der Waals surface area contributed by atoms with Crippen LogP contribution in [0.3, 0.4) is 0 Å². The van der Waals surface area contributed by atoms with Gasteiger partial charge in [0.05, 0.1) is 6.10 Å². The zero-order chi connectivity index (χ0) is 20.1. The molecule has 2 saturated heterocycles. The highest BCUT2D eigenvalue weighted by Crippen LogP contribution is 2.40. The second kappa shape index (κ2) is 9.00. The summed E-state index contributed by atoms with van der Waals surface area (Å²) in [6.45, 7) is 3.82. The number of carbonyl (C=O) groups excluding carboxylic acids is 2. The average molecular weight is 393 g/mol. The summed E-state index contributed by atoms with van der Waals surface area (Å²) in [6.07, 6.45) is -0.937.